The molecule has 0 spiro atoms. The normalized spacial score (nSPS) is 17.3. The van der Waals surface area contributed by atoms with Gasteiger partial charge in [-0.05, 0) is 43.0 Å². The van der Waals surface area contributed by atoms with Gasteiger partial charge in [0, 0.05) is 6.54 Å². The van der Waals surface area contributed by atoms with Gasteiger partial charge in [0.1, 0.15) is 0 Å². The third kappa shape index (κ3) is 5.00. The number of rotatable bonds is 7. The van der Waals surface area contributed by atoms with Gasteiger partial charge in [-0.1, -0.05) is 19.3 Å². The maximum atomic E-state index is 12.4. The van der Waals surface area contributed by atoms with Crippen LogP contribution >= 0.6 is 0 Å². The number of nitrogens with one attached hydrogen (secondary N) is 1. The minimum atomic E-state index is -3.72. The fourth-order valence-electron chi connectivity index (χ4n) is 2.85. The first kappa shape index (κ1) is 18.4. The molecule has 0 atom stereocenters. The molecule has 0 aromatic heterocycles. The molecule has 8 heteroatoms. The van der Waals surface area contributed by atoms with Gasteiger partial charge in [-0.3, -0.25) is 0 Å². The molecule has 1 aliphatic carbocycles. The van der Waals surface area contributed by atoms with E-state index in [2.05, 4.69) is 4.72 Å². The van der Waals surface area contributed by atoms with Gasteiger partial charge in [0.25, 0.3) is 0 Å². The van der Waals surface area contributed by atoms with Crippen molar-refractivity contribution < 1.29 is 21.9 Å². The van der Waals surface area contributed by atoms with Crippen molar-refractivity contribution in [3.05, 3.63) is 24.3 Å². The van der Waals surface area contributed by atoms with Crippen LogP contribution in [-0.2, 0) is 19.9 Å². The van der Waals surface area contributed by atoms with Crippen LogP contribution in [0.4, 0.5) is 0 Å². The zero-order valence-electron chi connectivity index (χ0n) is 12.9. The molecule has 1 saturated carbocycles. The van der Waals surface area contributed by atoms with Gasteiger partial charge in [0.05, 0.1) is 22.2 Å². The minimum absolute atomic E-state index is 0.0115. The molecule has 0 amide bonds. The Bertz CT molecular complexity index is 705. The van der Waals surface area contributed by atoms with Crippen LogP contribution in [0, 0.1) is 5.92 Å². The topological polar surface area (TPSA) is 101 Å². The largest absolute Gasteiger partial charge is 0.395 e. The monoisotopic (exact) mass is 361 g/mol. The zero-order chi connectivity index (χ0) is 16.9. The molecule has 0 unspecified atom stereocenters. The van der Waals surface area contributed by atoms with E-state index >= 15 is 0 Å². The fraction of sp³-hybridized carbons (Fsp3) is 0.600. The molecule has 0 radical (unpaired) electrons. The summed E-state index contributed by atoms with van der Waals surface area (Å²) < 4.78 is 50.9. The summed E-state index contributed by atoms with van der Waals surface area (Å²) in [5.41, 5.74) is 0. The van der Waals surface area contributed by atoms with E-state index in [1.807, 2.05) is 0 Å². The van der Waals surface area contributed by atoms with Crippen molar-refractivity contribution in [2.24, 2.45) is 5.92 Å². The zero-order valence-corrected chi connectivity index (χ0v) is 14.6. The predicted octanol–water partition coefficient (Wildman–Crippen LogP) is 1.31. The Kier molecular flexibility index (Phi) is 6.19. The van der Waals surface area contributed by atoms with Gasteiger partial charge in [-0.25, -0.2) is 21.6 Å². The Morgan fingerprint density at radius 2 is 1.52 bits per heavy atom. The lowest BCUT2D eigenvalue weighted by molar-refractivity contribution is 0.301. The van der Waals surface area contributed by atoms with Gasteiger partial charge >= 0.3 is 0 Å². The number of sulfonamides is 1. The van der Waals surface area contributed by atoms with Crippen molar-refractivity contribution >= 4 is 19.9 Å². The molecule has 0 aliphatic heterocycles. The summed E-state index contributed by atoms with van der Waals surface area (Å²) in [6.45, 7) is -0.378. The van der Waals surface area contributed by atoms with E-state index < -0.39 is 19.9 Å². The van der Waals surface area contributed by atoms with Crippen molar-refractivity contribution in [1.82, 2.24) is 4.72 Å². The predicted molar refractivity (Wildman–Crippen MR) is 87.3 cm³/mol. The number of aliphatic hydroxyl groups excluding tert-OH is 1. The van der Waals surface area contributed by atoms with Gasteiger partial charge in [-0.2, -0.15) is 0 Å². The molecule has 0 saturated heterocycles. The van der Waals surface area contributed by atoms with Crippen LogP contribution in [-0.4, -0.2) is 40.8 Å². The third-order valence-corrected chi connectivity index (χ3v) is 7.45. The molecular formula is C15H23NO5S2. The lowest BCUT2D eigenvalue weighted by Crippen LogP contribution is -2.26. The standard InChI is InChI=1S/C15H23NO5S2/c17-11-10-16-23(20,21)15-8-6-14(7-9-15)22(18,19)12-13-4-2-1-3-5-13/h6-9,13,16-17H,1-5,10-12H2. The quantitative estimate of drug-likeness (QED) is 0.763. The van der Waals surface area contributed by atoms with Gasteiger partial charge in [-0.15, -0.1) is 0 Å². The highest BCUT2D eigenvalue weighted by Crippen LogP contribution is 2.27. The molecule has 1 aliphatic rings. The van der Waals surface area contributed by atoms with Crippen molar-refractivity contribution in [3.8, 4) is 0 Å². The van der Waals surface area contributed by atoms with E-state index in [1.165, 1.54) is 30.7 Å². The number of sulfone groups is 1. The summed E-state index contributed by atoms with van der Waals surface area (Å²) in [5, 5.41) is 8.68. The molecule has 23 heavy (non-hydrogen) atoms. The maximum absolute atomic E-state index is 12.4. The average molecular weight is 361 g/mol. The Balaban J connectivity index is 2.11. The second-order valence-electron chi connectivity index (χ2n) is 5.88. The Hall–Kier alpha value is -0.960. The highest BCUT2D eigenvalue weighted by molar-refractivity contribution is 7.91. The Labute approximate surface area is 137 Å². The molecule has 1 fully saturated rings. The molecule has 1 aromatic rings. The Morgan fingerprint density at radius 3 is 2.09 bits per heavy atom. The summed E-state index contributed by atoms with van der Waals surface area (Å²) in [7, 11) is -7.11. The van der Waals surface area contributed by atoms with Gasteiger partial charge < -0.3 is 5.11 Å². The van der Waals surface area contributed by atoms with Crippen molar-refractivity contribution in [2.75, 3.05) is 18.9 Å². The van der Waals surface area contributed by atoms with Crippen LogP contribution < -0.4 is 4.72 Å². The van der Waals surface area contributed by atoms with Crippen molar-refractivity contribution in [3.63, 3.8) is 0 Å². The SMILES string of the molecule is O=S(=O)(CC1CCCCC1)c1ccc(S(=O)(=O)NCCO)cc1. The van der Waals surface area contributed by atoms with E-state index in [4.69, 9.17) is 5.11 Å². The molecular weight excluding hydrogens is 338 g/mol. The van der Waals surface area contributed by atoms with Gasteiger partial charge in [0.2, 0.25) is 10.0 Å². The van der Waals surface area contributed by atoms with Crippen LogP contribution in [0.2, 0.25) is 0 Å². The van der Waals surface area contributed by atoms with Crippen LogP contribution in [0.3, 0.4) is 0 Å². The molecule has 130 valence electrons. The van der Waals surface area contributed by atoms with Crippen molar-refractivity contribution in [1.29, 1.82) is 0 Å². The number of hydrogen-bond acceptors (Lipinski definition) is 5. The summed E-state index contributed by atoms with van der Waals surface area (Å²) >= 11 is 0. The summed E-state index contributed by atoms with van der Waals surface area (Å²) in [5.74, 6) is 0.324. The summed E-state index contributed by atoms with van der Waals surface area (Å²) in [4.78, 5) is 0.145. The first-order valence-corrected chi connectivity index (χ1v) is 10.9. The fourth-order valence-corrected chi connectivity index (χ4v) is 5.57. The first-order valence-electron chi connectivity index (χ1n) is 7.78. The first-order chi connectivity index (χ1) is 10.8. The molecule has 2 rings (SSSR count). The second-order valence-corrected chi connectivity index (χ2v) is 9.68. The smallest absolute Gasteiger partial charge is 0.240 e. The molecule has 2 N–H and O–H groups in total. The van der Waals surface area contributed by atoms with E-state index in [-0.39, 0.29) is 34.6 Å². The number of benzene rings is 1. The van der Waals surface area contributed by atoms with E-state index in [0.29, 0.717) is 0 Å². The minimum Gasteiger partial charge on any atom is -0.395 e. The summed E-state index contributed by atoms with van der Waals surface area (Å²) in [6, 6.07) is 5.25. The Morgan fingerprint density at radius 1 is 0.957 bits per heavy atom. The van der Waals surface area contributed by atoms with Crippen molar-refractivity contribution in [2.45, 2.75) is 41.9 Å². The lowest BCUT2D eigenvalue weighted by Gasteiger charge is -2.21. The lowest BCUT2D eigenvalue weighted by atomic mass is 9.91. The van der Waals surface area contributed by atoms with Crippen LogP contribution in [0.25, 0.3) is 0 Å². The average Bonchev–Trinajstić information content (AvgIpc) is 2.54. The van der Waals surface area contributed by atoms with Gasteiger partial charge in [0.15, 0.2) is 9.84 Å². The molecule has 0 bridgehead atoms. The van der Waals surface area contributed by atoms with Crippen LogP contribution in [0.15, 0.2) is 34.1 Å². The molecule has 0 heterocycles. The summed E-state index contributed by atoms with van der Waals surface area (Å²) in [6.07, 6.45) is 5.21. The number of aliphatic hydroxyl groups is 1. The van der Waals surface area contributed by atoms with E-state index in [0.717, 1.165) is 25.7 Å². The maximum Gasteiger partial charge on any atom is 0.240 e. The number of hydrogen-bond donors (Lipinski definition) is 2. The van der Waals surface area contributed by atoms with Crippen LogP contribution in [0.1, 0.15) is 32.1 Å². The highest BCUT2D eigenvalue weighted by atomic mass is 32.2. The molecule has 1 aromatic carbocycles. The van der Waals surface area contributed by atoms with Crippen LogP contribution in [0.5, 0.6) is 0 Å². The highest BCUT2D eigenvalue weighted by Gasteiger charge is 2.23. The second kappa shape index (κ2) is 7.74. The third-order valence-electron chi connectivity index (χ3n) is 4.08. The van der Waals surface area contributed by atoms with E-state index in [1.54, 1.807) is 0 Å². The molecule has 6 nitrogen and oxygen atoms in total. The van der Waals surface area contributed by atoms with E-state index in [9.17, 15) is 16.8 Å².